The fraction of sp³-hybridized carbons (Fsp3) is 0.176. The lowest BCUT2D eigenvalue weighted by Crippen LogP contribution is -2.40. The van der Waals surface area contributed by atoms with E-state index in [2.05, 4.69) is 10.3 Å². The molecular weight excluding hydrogens is 278 g/mol. The van der Waals surface area contributed by atoms with Crippen LogP contribution >= 0.6 is 0 Å². The van der Waals surface area contributed by atoms with Crippen molar-refractivity contribution in [3.05, 3.63) is 60.7 Å². The Morgan fingerprint density at radius 3 is 2.50 bits per heavy atom. The van der Waals surface area contributed by atoms with Crippen LogP contribution < -0.4 is 10.1 Å². The van der Waals surface area contributed by atoms with Gasteiger partial charge in [0.15, 0.2) is 0 Å². The van der Waals surface area contributed by atoms with Gasteiger partial charge in [0, 0.05) is 12.2 Å². The number of carbonyl (C=O) groups is 1. The van der Waals surface area contributed by atoms with E-state index < -0.39 is 0 Å². The molecule has 1 heterocycles. The van der Waals surface area contributed by atoms with Crippen LogP contribution in [0.15, 0.2) is 65.7 Å². The molecule has 3 rings (SSSR count). The third kappa shape index (κ3) is 3.44. The minimum absolute atomic E-state index is 0.181. The largest absolute Gasteiger partial charge is 0.486 e. The van der Waals surface area contributed by atoms with Crippen molar-refractivity contribution in [1.82, 2.24) is 4.90 Å². The van der Waals surface area contributed by atoms with Gasteiger partial charge in [0.1, 0.15) is 18.2 Å². The molecule has 112 valence electrons. The molecule has 22 heavy (non-hydrogen) atoms. The molecule has 1 aliphatic heterocycles. The zero-order valence-electron chi connectivity index (χ0n) is 12.1. The second-order valence-corrected chi connectivity index (χ2v) is 4.85. The predicted molar refractivity (Wildman–Crippen MR) is 86.4 cm³/mol. The van der Waals surface area contributed by atoms with E-state index >= 15 is 0 Å². The van der Waals surface area contributed by atoms with Gasteiger partial charge in [-0.15, -0.1) is 0 Å². The molecule has 0 aromatic heterocycles. The van der Waals surface area contributed by atoms with Crippen LogP contribution in [-0.4, -0.2) is 36.5 Å². The molecule has 1 aliphatic rings. The van der Waals surface area contributed by atoms with E-state index in [9.17, 15) is 4.79 Å². The van der Waals surface area contributed by atoms with Crippen LogP contribution in [0.1, 0.15) is 0 Å². The molecule has 1 N–H and O–H groups in total. The van der Waals surface area contributed by atoms with Gasteiger partial charge in [0.05, 0.1) is 6.54 Å². The Labute approximate surface area is 129 Å². The van der Waals surface area contributed by atoms with Crippen molar-refractivity contribution in [2.24, 2.45) is 4.99 Å². The van der Waals surface area contributed by atoms with Crippen LogP contribution in [0.3, 0.4) is 0 Å². The zero-order chi connectivity index (χ0) is 15.2. The number of amidine groups is 1. The third-order valence-corrected chi connectivity index (χ3v) is 3.31. The number of amides is 2. The first-order chi connectivity index (χ1) is 10.8. The van der Waals surface area contributed by atoms with Crippen molar-refractivity contribution in [2.75, 3.05) is 25.0 Å². The minimum atomic E-state index is -0.181. The van der Waals surface area contributed by atoms with Gasteiger partial charge in [-0.1, -0.05) is 36.4 Å². The Bertz CT molecular complexity index is 656. The lowest BCUT2D eigenvalue weighted by molar-refractivity contribution is 0.234. The zero-order valence-corrected chi connectivity index (χ0v) is 12.1. The van der Waals surface area contributed by atoms with Crippen molar-refractivity contribution in [2.45, 2.75) is 0 Å². The number of carbonyl (C=O) groups excluding carboxylic acids is 1. The summed E-state index contributed by atoms with van der Waals surface area (Å²) >= 11 is 0. The SMILES string of the molecule is O=C(Nc1ccccc1)N1CCN=C1COc1ccccc1. The Hall–Kier alpha value is -2.82. The number of ether oxygens (including phenoxy) is 1. The Balaban J connectivity index is 1.59. The number of nitrogens with zero attached hydrogens (tertiary/aromatic N) is 2. The average Bonchev–Trinajstić information content (AvgIpc) is 3.03. The first kappa shape index (κ1) is 14.1. The number of nitrogens with one attached hydrogen (secondary N) is 1. The van der Waals surface area contributed by atoms with Gasteiger partial charge in [0.2, 0.25) is 0 Å². The van der Waals surface area contributed by atoms with Crippen LogP contribution in [0, 0.1) is 0 Å². The summed E-state index contributed by atoms with van der Waals surface area (Å²) < 4.78 is 5.67. The molecule has 0 saturated carbocycles. The summed E-state index contributed by atoms with van der Waals surface area (Å²) in [5.74, 6) is 1.41. The maximum absolute atomic E-state index is 12.3. The van der Waals surface area contributed by atoms with Crippen molar-refractivity contribution < 1.29 is 9.53 Å². The smallest absolute Gasteiger partial charge is 0.327 e. The second kappa shape index (κ2) is 6.76. The highest BCUT2D eigenvalue weighted by atomic mass is 16.5. The maximum atomic E-state index is 12.3. The van der Waals surface area contributed by atoms with E-state index in [1.807, 2.05) is 60.7 Å². The number of hydrogen-bond acceptors (Lipinski definition) is 3. The highest BCUT2D eigenvalue weighted by Gasteiger charge is 2.24. The average molecular weight is 295 g/mol. The Kier molecular flexibility index (Phi) is 4.34. The van der Waals surface area contributed by atoms with Crippen LogP contribution in [0.4, 0.5) is 10.5 Å². The lowest BCUT2D eigenvalue weighted by Gasteiger charge is -2.19. The maximum Gasteiger partial charge on any atom is 0.327 e. The van der Waals surface area contributed by atoms with Crippen molar-refractivity contribution in [3.8, 4) is 5.75 Å². The third-order valence-electron chi connectivity index (χ3n) is 3.31. The fourth-order valence-corrected chi connectivity index (χ4v) is 2.21. The molecular formula is C17H17N3O2. The Morgan fingerprint density at radius 1 is 1.09 bits per heavy atom. The van der Waals surface area contributed by atoms with E-state index in [0.717, 1.165) is 11.4 Å². The summed E-state index contributed by atoms with van der Waals surface area (Å²) in [6.07, 6.45) is 0. The van der Waals surface area contributed by atoms with Crippen LogP contribution in [0.2, 0.25) is 0 Å². The van der Waals surface area contributed by atoms with Crippen LogP contribution in [0.5, 0.6) is 5.75 Å². The number of para-hydroxylation sites is 2. The predicted octanol–water partition coefficient (Wildman–Crippen LogP) is 3.01. The normalized spacial score (nSPS) is 13.6. The summed E-state index contributed by atoms with van der Waals surface area (Å²) in [6.45, 7) is 1.47. The van der Waals surface area contributed by atoms with Crippen molar-refractivity contribution in [1.29, 1.82) is 0 Å². The molecule has 2 aromatic carbocycles. The highest BCUT2D eigenvalue weighted by Crippen LogP contribution is 2.12. The summed E-state index contributed by atoms with van der Waals surface area (Å²) in [7, 11) is 0. The van der Waals surface area contributed by atoms with E-state index in [1.54, 1.807) is 4.90 Å². The van der Waals surface area contributed by atoms with E-state index in [1.165, 1.54) is 0 Å². The van der Waals surface area contributed by atoms with E-state index in [4.69, 9.17) is 4.74 Å². The van der Waals surface area contributed by atoms with Crippen molar-refractivity contribution in [3.63, 3.8) is 0 Å². The molecule has 0 fully saturated rings. The number of anilines is 1. The molecule has 0 radical (unpaired) electrons. The molecule has 0 atom stereocenters. The van der Waals surface area contributed by atoms with Gasteiger partial charge in [-0.2, -0.15) is 0 Å². The van der Waals surface area contributed by atoms with Gasteiger partial charge < -0.3 is 10.1 Å². The van der Waals surface area contributed by atoms with E-state index in [-0.39, 0.29) is 12.6 Å². The summed E-state index contributed by atoms with van der Waals surface area (Å²) in [5.41, 5.74) is 0.766. The highest BCUT2D eigenvalue weighted by molar-refractivity contribution is 6.04. The topological polar surface area (TPSA) is 53.9 Å². The number of aliphatic imine (C=N–C) groups is 1. The molecule has 0 aliphatic carbocycles. The molecule has 0 spiro atoms. The number of hydrogen-bond donors (Lipinski definition) is 1. The van der Waals surface area contributed by atoms with Gasteiger partial charge >= 0.3 is 6.03 Å². The summed E-state index contributed by atoms with van der Waals surface area (Å²) in [6, 6.07) is 18.7. The van der Waals surface area contributed by atoms with Gasteiger partial charge in [0.25, 0.3) is 0 Å². The minimum Gasteiger partial charge on any atom is -0.486 e. The summed E-state index contributed by atoms with van der Waals surface area (Å²) in [5, 5.41) is 2.86. The van der Waals surface area contributed by atoms with Gasteiger partial charge in [-0.25, -0.2) is 4.79 Å². The number of urea groups is 1. The monoisotopic (exact) mass is 295 g/mol. The molecule has 5 heteroatoms. The molecule has 0 saturated heterocycles. The first-order valence-corrected chi connectivity index (χ1v) is 7.18. The van der Waals surface area contributed by atoms with Gasteiger partial charge in [-0.3, -0.25) is 9.89 Å². The fourth-order valence-electron chi connectivity index (χ4n) is 2.21. The van der Waals surface area contributed by atoms with Crippen LogP contribution in [-0.2, 0) is 0 Å². The quantitative estimate of drug-likeness (QED) is 0.942. The number of rotatable bonds is 4. The number of benzene rings is 2. The van der Waals surface area contributed by atoms with Crippen LogP contribution in [0.25, 0.3) is 0 Å². The second-order valence-electron chi connectivity index (χ2n) is 4.85. The van der Waals surface area contributed by atoms with Gasteiger partial charge in [-0.05, 0) is 24.3 Å². The first-order valence-electron chi connectivity index (χ1n) is 7.18. The molecule has 0 unspecified atom stereocenters. The molecule has 2 amide bonds. The standard InChI is InChI=1S/C17H17N3O2/c21-17(19-14-7-3-1-4-8-14)20-12-11-18-16(20)13-22-15-9-5-2-6-10-15/h1-10H,11-13H2,(H,19,21). The molecule has 2 aromatic rings. The lowest BCUT2D eigenvalue weighted by atomic mass is 10.3. The summed E-state index contributed by atoms with van der Waals surface area (Å²) in [4.78, 5) is 18.3. The Morgan fingerprint density at radius 2 is 1.77 bits per heavy atom. The van der Waals surface area contributed by atoms with Crippen molar-refractivity contribution >= 4 is 17.6 Å². The molecule has 5 nitrogen and oxygen atoms in total. The van der Waals surface area contributed by atoms with E-state index in [0.29, 0.717) is 18.9 Å². The molecule has 0 bridgehead atoms.